The van der Waals surface area contributed by atoms with Gasteiger partial charge in [0.15, 0.2) is 0 Å². The number of hydroxylamine groups is 4. The van der Waals surface area contributed by atoms with E-state index in [1.54, 1.807) is 46.5 Å². The van der Waals surface area contributed by atoms with Gasteiger partial charge in [0, 0.05) is 35.1 Å². The van der Waals surface area contributed by atoms with Crippen LogP contribution in [0.3, 0.4) is 0 Å². The minimum absolute atomic E-state index is 0.116. The molecule has 0 saturated carbocycles. The minimum atomic E-state index is -0.646. The zero-order valence-corrected chi connectivity index (χ0v) is 51.4. The lowest BCUT2D eigenvalue weighted by Crippen LogP contribution is -2.54. The number of rotatable bonds is 30. The van der Waals surface area contributed by atoms with Gasteiger partial charge in [-0.05, 0) is 110 Å². The molecule has 0 fully saturated rings. The quantitative estimate of drug-likeness (QED) is 0.0608. The summed E-state index contributed by atoms with van der Waals surface area (Å²) in [5.74, 6) is -0.962. The van der Waals surface area contributed by atoms with Crippen molar-refractivity contribution in [2.75, 3.05) is 0 Å². The van der Waals surface area contributed by atoms with E-state index in [1.807, 2.05) is 12.1 Å². The number of unbranched alkanes of at least 4 members (excludes halogenated alkanes) is 10. The van der Waals surface area contributed by atoms with Gasteiger partial charge in [0.05, 0.1) is 44.4 Å². The van der Waals surface area contributed by atoms with Gasteiger partial charge in [0.1, 0.15) is 12.1 Å². The van der Waals surface area contributed by atoms with E-state index in [4.69, 9.17) is 32.9 Å². The van der Waals surface area contributed by atoms with Crippen LogP contribution in [0.2, 0.25) is 10.0 Å². The van der Waals surface area contributed by atoms with Gasteiger partial charge in [-0.25, -0.2) is 19.7 Å². The zero-order chi connectivity index (χ0) is 57.2. The molecule has 10 atom stereocenters. The average molecular weight is 1100 g/mol. The maximum absolute atomic E-state index is 15.1. The van der Waals surface area contributed by atoms with Crippen molar-refractivity contribution in [1.82, 2.24) is 10.1 Å². The van der Waals surface area contributed by atoms with Gasteiger partial charge in [-0.1, -0.05) is 232 Å². The number of hydrogen-bond donors (Lipinski definition) is 0. The SMILES string of the molecule is CCCCCCC(C)C1(C)C(c2cccc(C#N)c2Cl)C(C(CC)CCCCC)=CN(OC(=O)c2ccccc2C(=O)ON2C=C(C(CC)CCCCC)C(c3cccc(C#N)c3Cl)C(C)(C(C)CCCCCC)C2C)C1C. The molecular weight excluding hydrogens is 1010 g/mol. The zero-order valence-electron chi connectivity index (χ0n) is 49.9. The fourth-order valence-corrected chi connectivity index (χ4v) is 14.0. The molecule has 0 N–H and O–H groups in total. The summed E-state index contributed by atoms with van der Waals surface area (Å²) >= 11 is 14.6. The van der Waals surface area contributed by atoms with E-state index in [0.29, 0.717) is 21.2 Å². The Morgan fingerprint density at radius 2 is 0.885 bits per heavy atom. The van der Waals surface area contributed by atoms with Crippen molar-refractivity contribution in [2.24, 2.45) is 34.5 Å². The van der Waals surface area contributed by atoms with Crippen LogP contribution in [0.4, 0.5) is 0 Å². The third kappa shape index (κ3) is 14.4. The highest BCUT2D eigenvalue weighted by Crippen LogP contribution is 2.60. The largest absolute Gasteiger partial charge is 0.363 e. The molecule has 0 amide bonds. The monoisotopic (exact) mass is 1100 g/mol. The van der Waals surface area contributed by atoms with Gasteiger partial charge in [-0.2, -0.15) is 10.5 Å². The Kier molecular flexibility index (Phi) is 25.2. The first kappa shape index (κ1) is 64.1. The lowest BCUT2D eigenvalue weighted by atomic mass is 9.56. The van der Waals surface area contributed by atoms with Crippen LogP contribution in [0.25, 0.3) is 0 Å². The van der Waals surface area contributed by atoms with E-state index in [2.05, 4.69) is 120 Å². The lowest BCUT2D eigenvalue weighted by molar-refractivity contribution is -0.150. The van der Waals surface area contributed by atoms with Crippen molar-refractivity contribution in [2.45, 2.75) is 235 Å². The normalized spacial score (nSPS) is 22.8. The van der Waals surface area contributed by atoms with E-state index >= 15 is 9.59 Å². The lowest BCUT2D eigenvalue weighted by Gasteiger charge is -2.55. The average Bonchev–Trinajstić information content (AvgIpc) is 3.41. The number of nitriles is 2. The van der Waals surface area contributed by atoms with Crippen LogP contribution < -0.4 is 0 Å². The van der Waals surface area contributed by atoms with Crippen molar-refractivity contribution in [3.8, 4) is 12.1 Å². The molecule has 10 heteroatoms. The molecule has 0 bridgehead atoms. The summed E-state index contributed by atoms with van der Waals surface area (Å²) in [4.78, 5) is 43.6. The van der Waals surface area contributed by atoms with Crippen molar-refractivity contribution in [3.05, 3.63) is 128 Å². The first-order valence-corrected chi connectivity index (χ1v) is 31.2. The number of halogens is 2. The smallest absolute Gasteiger partial charge is 0.336 e. The van der Waals surface area contributed by atoms with E-state index in [-0.39, 0.29) is 58.7 Å². The predicted octanol–water partition coefficient (Wildman–Crippen LogP) is 20.1. The molecule has 2 aliphatic heterocycles. The Hall–Kier alpha value is -4.76. The van der Waals surface area contributed by atoms with Crippen LogP contribution >= 0.6 is 23.2 Å². The van der Waals surface area contributed by atoms with Crippen LogP contribution in [0.15, 0.2) is 84.2 Å². The molecule has 78 heavy (non-hydrogen) atoms. The maximum Gasteiger partial charge on any atom is 0.363 e. The molecular formula is C68H96Cl2N4O4. The molecule has 0 aromatic heterocycles. The van der Waals surface area contributed by atoms with E-state index in [9.17, 15) is 10.5 Å². The van der Waals surface area contributed by atoms with Crippen LogP contribution in [0.5, 0.6) is 0 Å². The molecule has 5 rings (SSSR count). The molecule has 0 radical (unpaired) electrons. The van der Waals surface area contributed by atoms with Gasteiger partial charge < -0.3 is 9.68 Å². The molecule has 0 aliphatic carbocycles. The Labute approximate surface area is 482 Å². The van der Waals surface area contributed by atoms with E-state index in [1.165, 1.54) is 12.8 Å². The highest BCUT2D eigenvalue weighted by atomic mass is 35.5. The summed E-state index contributed by atoms with van der Waals surface area (Å²) in [6.07, 6.45) is 25.3. The van der Waals surface area contributed by atoms with Gasteiger partial charge in [-0.15, -0.1) is 0 Å². The third-order valence-corrected chi connectivity index (χ3v) is 19.9. The minimum Gasteiger partial charge on any atom is -0.336 e. The summed E-state index contributed by atoms with van der Waals surface area (Å²) in [5.41, 5.74) is 4.29. The van der Waals surface area contributed by atoms with Crippen molar-refractivity contribution in [1.29, 1.82) is 10.5 Å². The molecule has 426 valence electrons. The fraction of sp³-hybridized carbons (Fsp3) is 0.618. The van der Waals surface area contributed by atoms with Gasteiger partial charge in [-0.3, -0.25) is 0 Å². The highest BCUT2D eigenvalue weighted by Gasteiger charge is 2.54. The Balaban J connectivity index is 1.63. The summed E-state index contributed by atoms with van der Waals surface area (Å²) in [7, 11) is 0. The maximum atomic E-state index is 15.1. The number of hydrogen-bond acceptors (Lipinski definition) is 8. The van der Waals surface area contributed by atoms with E-state index < -0.39 is 22.8 Å². The number of allylic oxidation sites excluding steroid dienone is 2. The Morgan fingerprint density at radius 3 is 1.22 bits per heavy atom. The summed E-state index contributed by atoms with van der Waals surface area (Å²) < 4.78 is 0. The number of nitrogens with zero attached hydrogens (tertiary/aromatic N) is 4. The Morgan fingerprint density at radius 1 is 0.538 bits per heavy atom. The highest BCUT2D eigenvalue weighted by molar-refractivity contribution is 6.33. The first-order chi connectivity index (χ1) is 37.5. The second-order valence-corrected chi connectivity index (χ2v) is 24.3. The Bertz CT molecular complexity index is 2410. The van der Waals surface area contributed by atoms with Gasteiger partial charge >= 0.3 is 11.9 Å². The standard InChI is InChI=1S/C68H96Cl2N4O4/c1-13-19-23-27-33-47(7)67(11)49(9)73(45-59(51(17-5)35-25-21-15-3)61(67)57-41-31-37-53(43-71)63(57)69)77-65(75)55-39-29-30-40-56(55)66(76)78-74-46-60(52(18-6)36-26-22-16-4)62(58-42-32-38-54(44-72)64(58)70)68(12,50(74)10)48(8)34-28-24-20-14-2/h29-32,37-42,45-52,61-62H,13-28,33-36H2,1-12H3. The van der Waals surface area contributed by atoms with Gasteiger partial charge in [0.2, 0.25) is 0 Å². The number of benzene rings is 3. The number of carbonyl (C=O) groups excluding carboxylic acids is 2. The molecule has 2 aliphatic rings. The van der Waals surface area contributed by atoms with Crippen LogP contribution in [0, 0.1) is 57.2 Å². The summed E-state index contributed by atoms with van der Waals surface area (Å²) in [5, 5.41) is 25.0. The molecule has 10 unspecified atom stereocenters. The molecule has 2 heterocycles. The van der Waals surface area contributed by atoms with Crippen LogP contribution in [-0.2, 0) is 9.68 Å². The fourth-order valence-electron chi connectivity index (χ4n) is 13.4. The molecule has 0 spiro atoms. The molecule has 8 nitrogen and oxygen atoms in total. The van der Waals surface area contributed by atoms with Crippen molar-refractivity contribution >= 4 is 35.1 Å². The molecule has 3 aromatic carbocycles. The first-order valence-electron chi connectivity index (χ1n) is 30.4. The topological polar surface area (TPSA) is 107 Å². The van der Waals surface area contributed by atoms with Crippen LogP contribution in [-0.4, -0.2) is 34.1 Å². The second-order valence-electron chi connectivity index (χ2n) is 23.6. The second kappa shape index (κ2) is 30.7. The van der Waals surface area contributed by atoms with E-state index in [0.717, 1.165) is 138 Å². The molecule has 3 aromatic rings. The predicted molar refractivity (Wildman–Crippen MR) is 322 cm³/mol. The third-order valence-electron chi connectivity index (χ3n) is 19.0. The number of carbonyl (C=O) groups is 2. The summed E-state index contributed by atoms with van der Waals surface area (Å²) in [6, 6.07) is 22.6. The molecule has 0 saturated heterocycles. The summed E-state index contributed by atoms with van der Waals surface area (Å²) in [6.45, 7) is 27.0. The van der Waals surface area contributed by atoms with Crippen LogP contribution in [0.1, 0.15) is 266 Å². The van der Waals surface area contributed by atoms with Gasteiger partial charge in [0.25, 0.3) is 0 Å². The van der Waals surface area contributed by atoms with Crippen molar-refractivity contribution in [3.63, 3.8) is 0 Å². The van der Waals surface area contributed by atoms with Crippen molar-refractivity contribution < 1.29 is 19.3 Å².